The molecule has 3 heterocycles. The minimum atomic E-state index is 0.187. The molecule has 0 fully saturated rings. The maximum atomic E-state index is 5.84. The molecule has 0 aliphatic carbocycles. The third-order valence-corrected chi connectivity index (χ3v) is 2.48. The van der Waals surface area contributed by atoms with Crippen molar-refractivity contribution in [3.8, 4) is 0 Å². The van der Waals surface area contributed by atoms with Gasteiger partial charge in [-0.2, -0.15) is 4.98 Å². The van der Waals surface area contributed by atoms with E-state index in [4.69, 9.17) is 11.6 Å². The van der Waals surface area contributed by atoms with Crippen molar-refractivity contribution < 1.29 is 0 Å². The number of imidazole rings is 1. The molecular weight excluding hydrogens is 240 g/mol. The van der Waals surface area contributed by atoms with Crippen molar-refractivity contribution in [1.29, 1.82) is 0 Å². The monoisotopic (exact) mass is 248 g/mol. The average molecular weight is 249 g/mol. The molecule has 0 atom stereocenters. The minimum Gasteiger partial charge on any atom is -0.338 e. The second-order valence-corrected chi connectivity index (χ2v) is 3.95. The molecule has 0 spiro atoms. The second-order valence-electron chi connectivity index (χ2n) is 3.62. The lowest BCUT2D eigenvalue weighted by molar-refractivity contribution is 0.906. The van der Waals surface area contributed by atoms with Gasteiger partial charge in [0.05, 0.1) is 6.33 Å². The topological polar surface area (TPSA) is 60.0 Å². The molecule has 1 N–H and O–H groups in total. The van der Waals surface area contributed by atoms with Crippen molar-refractivity contribution in [3.05, 3.63) is 36.1 Å². The van der Waals surface area contributed by atoms with Crippen LogP contribution >= 0.6 is 11.6 Å². The van der Waals surface area contributed by atoms with E-state index in [2.05, 4.69) is 20.4 Å². The largest absolute Gasteiger partial charge is 0.338 e. The van der Waals surface area contributed by atoms with Gasteiger partial charge < -0.3 is 9.88 Å². The van der Waals surface area contributed by atoms with E-state index in [0.29, 0.717) is 11.6 Å². The highest BCUT2D eigenvalue weighted by molar-refractivity contribution is 6.28. The molecule has 3 aromatic heterocycles. The lowest BCUT2D eigenvalue weighted by Gasteiger charge is -2.04. The number of anilines is 2. The van der Waals surface area contributed by atoms with Crippen molar-refractivity contribution in [3.63, 3.8) is 0 Å². The Morgan fingerprint density at radius 1 is 1.41 bits per heavy atom. The van der Waals surface area contributed by atoms with E-state index in [0.717, 1.165) is 5.52 Å². The van der Waals surface area contributed by atoms with Gasteiger partial charge in [0.25, 0.3) is 0 Å². The van der Waals surface area contributed by atoms with E-state index in [-0.39, 0.29) is 5.28 Å². The fourth-order valence-electron chi connectivity index (χ4n) is 1.60. The molecule has 0 saturated heterocycles. The Labute approximate surface area is 102 Å². The predicted octanol–water partition coefficient (Wildman–Crippen LogP) is 1.86. The van der Waals surface area contributed by atoms with Crippen LogP contribution in [-0.4, -0.2) is 24.1 Å². The summed E-state index contributed by atoms with van der Waals surface area (Å²) in [6.45, 7) is 0. The highest BCUT2D eigenvalue weighted by Gasteiger charge is 2.07. The zero-order valence-electron chi connectivity index (χ0n) is 9.00. The smallest absolute Gasteiger partial charge is 0.243 e. The number of aryl methyl sites for hydroxylation is 1. The molecule has 3 aromatic rings. The van der Waals surface area contributed by atoms with Crippen LogP contribution in [0.15, 0.2) is 30.9 Å². The molecule has 17 heavy (non-hydrogen) atoms. The van der Waals surface area contributed by atoms with Crippen molar-refractivity contribution >= 4 is 28.8 Å². The zero-order chi connectivity index (χ0) is 11.8. The zero-order valence-corrected chi connectivity index (χ0v) is 9.76. The maximum Gasteiger partial charge on any atom is 0.243 e. The van der Waals surface area contributed by atoms with Crippen molar-refractivity contribution in [2.75, 3.05) is 5.32 Å². The van der Waals surface area contributed by atoms with Crippen LogP contribution < -0.4 is 5.32 Å². The number of fused-ring (bicyclic) bond motifs is 1. The van der Waals surface area contributed by atoms with Crippen LogP contribution in [0.5, 0.6) is 0 Å². The van der Waals surface area contributed by atoms with E-state index >= 15 is 0 Å². The molecule has 86 valence electrons. The number of halogens is 1. The first kappa shape index (κ1) is 10.1. The first-order chi connectivity index (χ1) is 8.22. The quantitative estimate of drug-likeness (QED) is 0.752. The summed E-state index contributed by atoms with van der Waals surface area (Å²) < 4.78 is 3.51. The molecule has 0 unspecified atom stereocenters. The average Bonchev–Trinajstić information content (AvgIpc) is 2.87. The SMILES string of the molecule is Cn1cnc(Nc2nc(Cl)nn3cccc23)c1. The highest BCUT2D eigenvalue weighted by atomic mass is 35.5. The van der Waals surface area contributed by atoms with Gasteiger partial charge >= 0.3 is 0 Å². The van der Waals surface area contributed by atoms with Crippen LogP contribution in [0, 0.1) is 0 Å². The van der Waals surface area contributed by atoms with E-state index in [1.54, 1.807) is 10.8 Å². The summed E-state index contributed by atoms with van der Waals surface area (Å²) >= 11 is 5.84. The van der Waals surface area contributed by atoms with Gasteiger partial charge in [0.2, 0.25) is 5.28 Å². The molecule has 7 heteroatoms. The number of hydrogen-bond donors (Lipinski definition) is 1. The summed E-state index contributed by atoms with van der Waals surface area (Å²) in [6.07, 6.45) is 5.38. The van der Waals surface area contributed by atoms with Gasteiger partial charge in [-0.1, -0.05) is 0 Å². The minimum absolute atomic E-state index is 0.187. The van der Waals surface area contributed by atoms with Crippen molar-refractivity contribution in [1.82, 2.24) is 24.1 Å². The Balaban J connectivity index is 2.07. The van der Waals surface area contributed by atoms with E-state index in [1.807, 2.05) is 36.1 Å². The van der Waals surface area contributed by atoms with Gasteiger partial charge in [-0.25, -0.2) is 9.50 Å². The first-order valence-corrected chi connectivity index (χ1v) is 5.36. The van der Waals surface area contributed by atoms with Gasteiger partial charge in [-0.05, 0) is 23.7 Å². The number of nitrogens with one attached hydrogen (secondary N) is 1. The third kappa shape index (κ3) is 1.83. The predicted molar refractivity (Wildman–Crippen MR) is 64.5 cm³/mol. The van der Waals surface area contributed by atoms with Gasteiger partial charge in [0, 0.05) is 19.4 Å². The fraction of sp³-hybridized carbons (Fsp3) is 0.100. The van der Waals surface area contributed by atoms with Crippen molar-refractivity contribution in [2.45, 2.75) is 0 Å². The van der Waals surface area contributed by atoms with Crippen LogP contribution in [-0.2, 0) is 7.05 Å². The molecule has 6 nitrogen and oxygen atoms in total. The standard InChI is InChI=1S/C10H9ClN6/c1-16-5-8(12-6-16)13-9-7-3-2-4-17(7)15-10(11)14-9/h2-6H,1H3,(H,13,14,15). The Hall–Kier alpha value is -2.08. The van der Waals surface area contributed by atoms with Crippen LogP contribution in [0.1, 0.15) is 0 Å². The van der Waals surface area contributed by atoms with Crippen LogP contribution in [0.25, 0.3) is 5.52 Å². The van der Waals surface area contributed by atoms with E-state index in [9.17, 15) is 0 Å². The number of rotatable bonds is 2. The fourth-order valence-corrected chi connectivity index (χ4v) is 1.76. The van der Waals surface area contributed by atoms with E-state index in [1.165, 1.54) is 0 Å². The summed E-state index contributed by atoms with van der Waals surface area (Å²) in [4.78, 5) is 8.32. The summed E-state index contributed by atoms with van der Waals surface area (Å²) in [5, 5.41) is 7.34. The molecule has 3 rings (SSSR count). The van der Waals surface area contributed by atoms with Gasteiger partial charge in [0.1, 0.15) is 11.3 Å². The summed E-state index contributed by atoms with van der Waals surface area (Å²) in [5.74, 6) is 1.35. The Kier molecular flexibility index (Phi) is 2.22. The second kappa shape index (κ2) is 3.74. The molecule has 0 radical (unpaired) electrons. The van der Waals surface area contributed by atoms with Crippen LogP contribution in [0.3, 0.4) is 0 Å². The van der Waals surface area contributed by atoms with E-state index < -0.39 is 0 Å². The third-order valence-electron chi connectivity index (χ3n) is 2.32. The molecule has 0 bridgehead atoms. The Morgan fingerprint density at radius 3 is 3.06 bits per heavy atom. The molecule has 0 aliphatic heterocycles. The Bertz CT molecular complexity index is 670. The summed E-state index contributed by atoms with van der Waals surface area (Å²) in [7, 11) is 1.90. The summed E-state index contributed by atoms with van der Waals surface area (Å²) in [6, 6.07) is 3.78. The van der Waals surface area contributed by atoms with Gasteiger partial charge in [-0.15, -0.1) is 5.10 Å². The Morgan fingerprint density at radius 2 is 2.29 bits per heavy atom. The number of nitrogens with zero attached hydrogens (tertiary/aromatic N) is 5. The molecule has 0 saturated carbocycles. The maximum absolute atomic E-state index is 5.84. The van der Waals surface area contributed by atoms with Crippen molar-refractivity contribution in [2.24, 2.45) is 7.05 Å². The normalized spacial score (nSPS) is 10.9. The lowest BCUT2D eigenvalue weighted by atomic mass is 10.5. The first-order valence-electron chi connectivity index (χ1n) is 4.98. The number of aromatic nitrogens is 5. The molecular formula is C10H9ClN6. The molecule has 0 aromatic carbocycles. The molecule has 0 aliphatic rings. The van der Waals surface area contributed by atoms with Crippen LogP contribution in [0.2, 0.25) is 5.28 Å². The lowest BCUT2D eigenvalue weighted by Crippen LogP contribution is -2.01. The molecule has 0 amide bonds. The van der Waals surface area contributed by atoms with Gasteiger partial charge in [0.15, 0.2) is 5.82 Å². The summed E-state index contributed by atoms with van der Waals surface area (Å²) in [5.41, 5.74) is 0.847. The van der Waals surface area contributed by atoms with Gasteiger partial charge in [-0.3, -0.25) is 0 Å². The van der Waals surface area contributed by atoms with Crippen LogP contribution in [0.4, 0.5) is 11.6 Å². The highest BCUT2D eigenvalue weighted by Crippen LogP contribution is 2.19. The number of hydrogen-bond acceptors (Lipinski definition) is 4.